The van der Waals surface area contributed by atoms with Crippen molar-refractivity contribution in [2.75, 3.05) is 20.1 Å². The highest BCUT2D eigenvalue weighted by Crippen LogP contribution is 2.36. The topological polar surface area (TPSA) is 58.5 Å². The summed E-state index contributed by atoms with van der Waals surface area (Å²) < 4.78 is 6.20. The third-order valence-electron chi connectivity index (χ3n) is 4.92. The summed E-state index contributed by atoms with van der Waals surface area (Å²) >= 11 is 0. The van der Waals surface area contributed by atoms with Gasteiger partial charge in [-0.1, -0.05) is 24.3 Å². The number of benzene rings is 2. The van der Waals surface area contributed by atoms with Crippen LogP contribution in [0, 0.1) is 6.92 Å². The molecule has 0 unspecified atom stereocenters. The number of phenolic OH excluding ortho intramolecular Hbond substituents is 1. The number of hydrogen-bond donors (Lipinski definition) is 1. The lowest BCUT2D eigenvalue weighted by Gasteiger charge is -2.29. The van der Waals surface area contributed by atoms with Crippen molar-refractivity contribution in [2.24, 2.45) is 0 Å². The first-order valence-electron chi connectivity index (χ1n) is 9.02. The zero-order valence-electron chi connectivity index (χ0n) is 15.1. The second-order valence-corrected chi connectivity index (χ2v) is 7.06. The van der Waals surface area contributed by atoms with Gasteiger partial charge in [0.15, 0.2) is 0 Å². The Morgan fingerprint density at radius 3 is 2.69 bits per heavy atom. The van der Waals surface area contributed by atoms with E-state index in [9.17, 15) is 5.11 Å². The van der Waals surface area contributed by atoms with Crippen LogP contribution in [0.3, 0.4) is 0 Å². The summed E-state index contributed by atoms with van der Waals surface area (Å²) in [6.45, 7) is 3.96. The molecule has 1 aliphatic heterocycles. The van der Waals surface area contributed by atoms with E-state index in [-0.39, 0.29) is 11.9 Å². The second-order valence-electron chi connectivity index (χ2n) is 7.06. The van der Waals surface area contributed by atoms with E-state index in [0.29, 0.717) is 17.1 Å². The fraction of sp³-hybridized carbons (Fsp3) is 0.333. The number of piperidine rings is 1. The van der Waals surface area contributed by atoms with E-state index in [1.807, 2.05) is 43.3 Å². The quantitative estimate of drug-likeness (QED) is 0.780. The molecule has 0 saturated carbocycles. The van der Waals surface area contributed by atoms with Crippen LogP contribution in [0.1, 0.15) is 18.4 Å². The van der Waals surface area contributed by atoms with Crippen LogP contribution >= 0.6 is 0 Å². The molecule has 0 spiro atoms. The molecule has 0 aliphatic carbocycles. The lowest BCUT2D eigenvalue weighted by Crippen LogP contribution is -2.38. The Kier molecular flexibility index (Phi) is 4.47. The van der Waals surface area contributed by atoms with Gasteiger partial charge in [0.1, 0.15) is 17.5 Å². The second kappa shape index (κ2) is 6.92. The number of likely N-dealkylation sites (tertiary alicyclic amines) is 1. The molecule has 1 saturated heterocycles. The van der Waals surface area contributed by atoms with Crippen LogP contribution in [0.4, 0.5) is 0 Å². The molecule has 2 heterocycles. The van der Waals surface area contributed by atoms with E-state index in [4.69, 9.17) is 4.74 Å². The normalized spacial score (nSPS) is 18.2. The molecule has 1 aliphatic rings. The molecular formula is C21H23N3O2. The minimum absolute atomic E-state index is 0.130. The number of aromatic nitrogens is 2. The molecule has 2 aromatic carbocycles. The van der Waals surface area contributed by atoms with Crippen molar-refractivity contribution in [3.05, 3.63) is 48.0 Å². The summed E-state index contributed by atoms with van der Waals surface area (Å²) in [6.07, 6.45) is 2.29. The van der Waals surface area contributed by atoms with Gasteiger partial charge in [0.2, 0.25) is 5.88 Å². The van der Waals surface area contributed by atoms with Gasteiger partial charge in [0.05, 0.1) is 0 Å². The van der Waals surface area contributed by atoms with Gasteiger partial charge in [-0.2, -0.15) is 0 Å². The molecule has 3 aromatic rings. The Bertz CT molecular complexity index is 942. The van der Waals surface area contributed by atoms with Crippen LogP contribution in [-0.4, -0.2) is 46.4 Å². The van der Waals surface area contributed by atoms with Crippen LogP contribution < -0.4 is 4.74 Å². The highest BCUT2D eigenvalue weighted by Gasteiger charge is 2.21. The summed E-state index contributed by atoms with van der Waals surface area (Å²) in [5.41, 5.74) is 2.36. The Balaban J connectivity index is 1.76. The summed E-state index contributed by atoms with van der Waals surface area (Å²) in [4.78, 5) is 2.28. The van der Waals surface area contributed by atoms with Gasteiger partial charge in [-0.05, 0) is 57.1 Å². The minimum atomic E-state index is 0.130. The van der Waals surface area contributed by atoms with Gasteiger partial charge < -0.3 is 14.7 Å². The van der Waals surface area contributed by atoms with E-state index in [0.717, 1.165) is 42.3 Å². The van der Waals surface area contributed by atoms with Crippen LogP contribution in [-0.2, 0) is 0 Å². The number of fused-ring (bicyclic) bond motifs is 1. The Morgan fingerprint density at radius 1 is 1.12 bits per heavy atom. The van der Waals surface area contributed by atoms with Gasteiger partial charge in [-0.15, -0.1) is 10.2 Å². The molecular weight excluding hydrogens is 326 g/mol. The summed E-state index contributed by atoms with van der Waals surface area (Å²) in [6, 6.07) is 13.5. The average Bonchev–Trinajstić information content (AvgIpc) is 2.63. The first-order valence-corrected chi connectivity index (χ1v) is 9.02. The largest absolute Gasteiger partial charge is 0.507 e. The number of aryl methyl sites for hydroxylation is 1. The zero-order valence-corrected chi connectivity index (χ0v) is 15.1. The van der Waals surface area contributed by atoms with Crippen LogP contribution in [0.25, 0.3) is 22.0 Å². The Morgan fingerprint density at radius 2 is 1.92 bits per heavy atom. The van der Waals surface area contributed by atoms with Gasteiger partial charge >= 0.3 is 0 Å². The standard InChI is InChI=1S/C21H23N3O2/c1-14-9-10-18(19(25)12-14)20-16-7-3-4-8-17(16)21(23-22-20)26-15-6-5-11-24(2)13-15/h3-4,7-10,12,15,25H,5-6,11,13H2,1-2H3/t15-/m1/s1. The molecule has 5 nitrogen and oxygen atoms in total. The predicted molar refractivity (Wildman–Crippen MR) is 103 cm³/mol. The lowest BCUT2D eigenvalue weighted by molar-refractivity contribution is 0.101. The lowest BCUT2D eigenvalue weighted by atomic mass is 10.0. The zero-order chi connectivity index (χ0) is 18.1. The third-order valence-corrected chi connectivity index (χ3v) is 4.92. The molecule has 0 radical (unpaired) electrons. The molecule has 134 valence electrons. The molecule has 0 amide bonds. The van der Waals surface area contributed by atoms with E-state index in [1.54, 1.807) is 6.07 Å². The first-order chi connectivity index (χ1) is 12.6. The van der Waals surface area contributed by atoms with Crippen molar-refractivity contribution in [3.8, 4) is 22.9 Å². The maximum absolute atomic E-state index is 10.4. The Hall–Kier alpha value is -2.66. The number of nitrogens with zero attached hydrogens (tertiary/aromatic N) is 3. The monoisotopic (exact) mass is 349 g/mol. The smallest absolute Gasteiger partial charge is 0.241 e. The number of likely N-dealkylation sites (N-methyl/N-ethyl adjacent to an activating group) is 1. The molecule has 5 heteroatoms. The number of hydrogen-bond acceptors (Lipinski definition) is 5. The van der Waals surface area contributed by atoms with Gasteiger partial charge in [0.25, 0.3) is 0 Å². The van der Waals surface area contributed by atoms with Crippen molar-refractivity contribution in [3.63, 3.8) is 0 Å². The number of phenols is 1. The summed E-state index contributed by atoms with van der Waals surface area (Å²) in [5, 5.41) is 21.0. The number of aromatic hydroxyl groups is 1. The van der Waals surface area contributed by atoms with Crippen LogP contribution in [0.15, 0.2) is 42.5 Å². The van der Waals surface area contributed by atoms with Crippen LogP contribution in [0.2, 0.25) is 0 Å². The summed E-state index contributed by atoms with van der Waals surface area (Å²) in [7, 11) is 2.11. The molecule has 1 aromatic heterocycles. The van der Waals surface area contributed by atoms with Crippen molar-refractivity contribution in [1.82, 2.24) is 15.1 Å². The number of rotatable bonds is 3. The van der Waals surface area contributed by atoms with Gasteiger partial charge in [-0.25, -0.2) is 0 Å². The van der Waals surface area contributed by atoms with Gasteiger partial charge in [0, 0.05) is 22.9 Å². The molecule has 1 fully saturated rings. The molecule has 26 heavy (non-hydrogen) atoms. The van der Waals surface area contributed by atoms with E-state index >= 15 is 0 Å². The summed E-state index contributed by atoms with van der Waals surface area (Å²) in [5.74, 6) is 0.781. The molecule has 4 rings (SSSR count). The highest BCUT2D eigenvalue weighted by atomic mass is 16.5. The van der Waals surface area contributed by atoms with Crippen molar-refractivity contribution in [1.29, 1.82) is 0 Å². The van der Waals surface area contributed by atoms with E-state index in [1.165, 1.54) is 0 Å². The highest BCUT2D eigenvalue weighted by molar-refractivity contribution is 5.98. The first kappa shape index (κ1) is 16.8. The SMILES string of the molecule is Cc1ccc(-c2nnc(O[C@@H]3CCCN(C)C3)c3ccccc23)c(O)c1. The maximum Gasteiger partial charge on any atom is 0.241 e. The fourth-order valence-electron chi connectivity index (χ4n) is 3.58. The van der Waals surface area contributed by atoms with Crippen molar-refractivity contribution in [2.45, 2.75) is 25.9 Å². The molecule has 1 atom stereocenters. The Labute approximate surface area is 153 Å². The van der Waals surface area contributed by atoms with Crippen LogP contribution in [0.5, 0.6) is 11.6 Å². The molecule has 1 N–H and O–H groups in total. The predicted octanol–water partition coefficient (Wildman–Crippen LogP) is 3.78. The third kappa shape index (κ3) is 3.22. The maximum atomic E-state index is 10.4. The van der Waals surface area contributed by atoms with E-state index < -0.39 is 0 Å². The van der Waals surface area contributed by atoms with Crippen molar-refractivity contribution >= 4 is 10.8 Å². The fourth-order valence-corrected chi connectivity index (χ4v) is 3.58. The number of ether oxygens (including phenoxy) is 1. The minimum Gasteiger partial charge on any atom is -0.507 e. The van der Waals surface area contributed by atoms with Crippen molar-refractivity contribution < 1.29 is 9.84 Å². The average molecular weight is 349 g/mol. The van der Waals surface area contributed by atoms with Gasteiger partial charge in [-0.3, -0.25) is 0 Å². The molecule has 0 bridgehead atoms. The van der Waals surface area contributed by atoms with E-state index in [2.05, 4.69) is 22.1 Å².